The lowest BCUT2D eigenvalue weighted by atomic mass is 10.0. The van der Waals surface area contributed by atoms with Crippen LogP contribution in [0.3, 0.4) is 0 Å². The van der Waals surface area contributed by atoms with Crippen molar-refractivity contribution in [2.24, 2.45) is 0 Å². The van der Waals surface area contributed by atoms with Crippen molar-refractivity contribution in [3.8, 4) is 0 Å². The zero-order chi connectivity index (χ0) is 44.5. The summed E-state index contributed by atoms with van der Waals surface area (Å²) < 4.78 is 42.1. The van der Waals surface area contributed by atoms with E-state index in [1.54, 1.807) is 35.0 Å². The Hall–Kier alpha value is -6.91. The van der Waals surface area contributed by atoms with Crippen LogP contribution in [0.2, 0.25) is 0 Å². The summed E-state index contributed by atoms with van der Waals surface area (Å²) in [7, 11) is 1.56. The van der Waals surface area contributed by atoms with Gasteiger partial charge in [0, 0.05) is 94.4 Å². The van der Waals surface area contributed by atoms with Crippen LogP contribution in [0.1, 0.15) is 60.0 Å². The Kier molecular flexibility index (Phi) is 14.2. The first-order valence-corrected chi connectivity index (χ1v) is 21.1. The number of amides is 4. The fourth-order valence-corrected chi connectivity index (χ4v) is 8.11. The number of carbonyl (C=O) groups excluding carboxylic acids is 5. The number of hydrogen-bond donors (Lipinski definition) is 5. The van der Waals surface area contributed by atoms with Gasteiger partial charge in [-0.25, -0.2) is 13.2 Å². The predicted molar refractivity (Wildman–Crippen MR) is 234 cm³/mol. The molecule has 3 heterocycles. The molecule has 0 saturated carbocycles. The number of piperidine rings is 1. The largest absolute Gasteiger partial charge is 0.381 e. The minimum Gasteiger partial charge on any atom is -0.381 e. The van der Waals surface area contributed by atoms with Crippen molar-refractivity contribution in [1.29, 1.82) is 0 Å². The second-order valence-electron chi connectivity index (χ2n) is 15.8. The van der Waals surface area contributed by atoms with Crippen molar-refractivity contribution in [1.82, 2.24) is 25.3 Å². The van der Waals surface area contributed by atoms with E-state index < -0.39 is 29.4 Å². The first kappa shape index (κ1) is 44.2. The van der Waals surface area contributed by atoms with Gasteiger partial charge in [0.15, 0.2) is 5.82 Å². The number of likely N-dealkylation sites (tertiary alicyclic amines) is 1. The monoisotopic (exact) mass is 865 g/mol. The van der Waals surface area contributed by atoms with E-state index in [0.29, 0.717) is 80.7 Å². The van der Waals surface area contributed by atoms with E-state index in [4.69, 9.17) is 0 Å². The van der Waals surface area contributed by atoms with E-state index in [0.717, 1.165) is 29.3 Å². The maximum Gasteiger partial charge on any atom is 0.258 e. The minimum absolute atomic E-state index is 0.0737. The molecule has 2 aliphatic heterocycles. The molecule has 1 atom stereocenters. The van der Waals surface area contributed by atoms with Crippen molar-refractivity contribution in [3.63, 3.8) is 0 Å². The molecule has 5 aromatic rings. The van der Waals surface area contributed by atoms with Crippen molar-refractivity contribution >= 4 is 63.7 Å². The number of H-pyrrole nitrogens is 1. The summed E-state index contributed by atoms with van der Waals surface area (Å²) in [5.41, 5.74) is 4.08. The fourth-order valence-electron chi connectivity index (χ4n) is 8.11. The van der Waals surface area contributed by atoms with Crippen molar-refractivity contribution in [3.05, 3.63) is 113 Å². The number of rotatable bonds is 16. The van der Waals surface area contributed by atoms with Gasteiger partial charge in [0.1, 0.15) is 29.8 Å². The smallest absolute Gasteiger partial charge is 0.258 e. The molecule has 5 N–H and O–H groups in total. The first-order valence-electron chi connectivity index (χ1n) is 21.1. The third-order valence-electron chi connectivity index (χ3n) is 11.5. The SMILES string of the molecule is CNC(=O)C(CCC=O)Nc1ccc(N2CCN(C(=O)CCC(=O)N3CCC(Nc4cc(F)ccc4C(=O)Nc4n[nH]c5ccc(Cc6cc(F)cc(F)c6)cc45)CC3)CC2)cc1. The molecular formula is C46H50F3N9O5. The lowest BCUT2D eigenvalue weighted by Crippen LogP contribution is -2.49. The number of hydrogen-bond acceptors (Lipinski definition) is 9. The summed E-state index contributed by atoms with van der Waals surface area (Å²) in [6.45, 7) is 3.18. The second kappa shape index (κ2) is 20.3. The number of halogens is 3. The van der Waals surface area contributed by atoms with Gasteiger partial charge in [-0.3, -0.25) is 24.3 Å². The van der Waals surface area contributed by atoms with Gasteiger partial charge in [-0.1, -0.05) is 6.07 Å². The Bertz CT molecular complexity index is 2430. The number of anilines is 4. The number of carbonyl (C=O) groups is 5. The highest BCUT2D eigenvalue weighted by atomic mass is 19.1. The number of aldehydes is 1. The molecular weight excluding hydrogens is 816 g/mol. The summed E-state index contributed by atoms with van der Waals surface area (Å²) >= 11 is 0. The first-order chi connectivity index (χ1) is 30.5. The van der Waals surface area contributed by atoms with Gasteiger partial charge in [-0.05, 0) is 104 Å². The summed E-state index contributed by atoms with van der Waals surface area (Å²) in [5, 5.41) is 19.6. The Balaban J connectivity index is 0.860. The molecule has 17 heteroatoms. The van der Waals surface area contributed by atoms with Crippen molar-refractivity contribution in [2.75, 3.05) is 67.2 Å². The molecule has 7 rings (SSSR count). The molecule has 2 aliphatic rings. The van der Waals surface area contributed by atoms with Gasteiger partial charge in [0.2, 0.25) is 17.7 Å². The average molecular weight is 866 g/mol. The molecule has 0 spiro atoms. The zero-order valence-electron chi connectivity index (χ0n) is 34.9. The number of nitrogens with zero attached hydrogens (tertiary/aromatic N) is 4. The Morgan fingerprint density at radius 2 is 1.48 bits per heavy atom. The Morgan fingerprint density at radius 1 is 0.794 bits per heavy atom. The van der Waals surface area contributed by atoms with E-state index in [2.05, 4.69) is 36.4 Å². The highest BCUT2D eigenvalue weighted by molar-refractivity contribution is 6.10. The Morgan fingerprint density at radius 3 is 2.14 bits per heavy atom. The highest BCUT2D eigenvalue weighted by Crippen LogP contribution is 2.28. The Labute approximate surface area is 362 Å². The molecule has 2 saturated heterocycles. The van der Waals surface area contributed by atoms with Gasteiger partial charge in [0.05, 0.1) is 16.8 Å². The van der Waals surface area contributed by atoms with Gasteiger partial charge in [0.25, 0.3) is 5.91 Å². The maximum atomic E-state index is 14.5. The van der Waals surface area contributed by atoms with E-state index in [9.17, 15) is 37.1 Å². The lowest BCUT2D eigenvalue weighted by Gasteiger charge is -2.36. The van der Waals surface area contributed by atoms with Crippen LogP contribution in [0, 0.1) is 17.5 Å². The molecule has 330 valence electrons. The van der Waals surface area contributed by atoms with Crippen LogP contribution in [0.4, 0.5) is 36.1 Å². The van der Waals surface area contributed by atoms with Gasteiger partial charge in [-0.2, -0.15) is 5.10 Å². The maximum absolute atomic E-state index is 14.5. The summed E-state index contributed by atoms with van der Waals surface area (Å²) in [4.78, 5) is 68.7. The molecule has 1 unspecified atom stereocenters. The predicted octanol–water partition coefficient (Wildman–Crippen LogP) is 5.86. The quantitative estimate of drug-likeness (QED) is 0.0763. The third-order valence-corrected chi connectivity index (χ3v) is 11.5. The molecule has 14 nitrogen and oxygen atoms in total. The van der Waals surface area contributed by atoms with E-state index in [-0.39, 0.29) is 60.8 Å². The molecule has 1 aromatic heterocycles. The number of aromatic amines is 1. The lowest BCUT2D eigenvalue weighted by molar-refractivity contribution is -0.137. The summed E-state index contributed by atoms with van der Waals surface area (Å²) in [5.74, 6) is -2.52. The minimum atomic E-state index is -0.670. The molecule has 63 heavy (non-hydrogen) atoms. The second-order valence-corrected chi connectivity index (χ2v) is 15.8. The van der Waals surface area contributed by atoms with Crippen LogP contribution in [-0.2, 0) is 25.6 Å². The number of benzene rings is 4. The van der Waals surface area contributed by atoms with E-state index >= 15 is 0 Å². The van der Waals surface area contributed by atoms with Crippen molar-refractivity contribution < 1.29 is 37.1 Å². The molecule has 0 bridgehead atoms. The topological polar surface area (TPSA) is 172 Å². The number of aromatic nitrogens is 2. The molecule has 4 amide bonds. The number of fused-ring (bicyclic) bond motifs is 1. The number of likely N-dealkylation sites (N-methyl/N-ethyl adjacent to an activating group) is 1. The standard InChI is InChI=1S/C46H50F3N9O5/c1-50-46(63)40(3-2-22-59)51-34-6-8-36(9-7-34)56-18-20-58(21-19-56)43(61)13-12-42(60)57-16-14-35(15-17-57)52-41-28-31(47)5-10-37(41)45(62)53-44-38-26-29(4-11-39(38)54-55-44)23-30-24-32(48)27-33(49)25-30/h4-11,22,24-28,35,40,51-52H,2-3,12-21,23H2,1H3,(H,50,63)(H2,53,54,55,62). The van der Waals surface area contributed by atoms with E-state index in [1.807, 2.05) is 24.3 Å². The van der Waals surface area contributed by atoms with Crippen LogP contribution in [0.5, 0.6) is 0 Å². The highest BCUT2D eigenvalue weighted by Gasteiger charge is 2.27. The molecule has 0 radical (unpaired) electrons. The average Bonchev–Trinajstić information content (AvgIpc) is 3.68. The summed E-state index contributed by atoms with van der Waals surface area (Å²) in [6.07, 6.45) is 3.00. The third kappa shape index (κ3) is 11.3. The van der Waals surface area contributed by atoms with Crippen LogP contribution in [0.15, 0.2) is 78.9 Å². The van der Waals surface area contributed by atoms with Crippen LogP contribution >= 0.6 is 0 Å². The van der Waals surface area contributed by atoms with Crippen molar-refractivity contribution in [2.45, 2.75) is 57.0 Å². The number of piperazine rings is 1. The van der Waals surface area contributed by atoms with Gasteiger partial charge >= 0.3 is 0 Å². The van der Waals surface area contributed by atoms with Gasteiger partial charge in [-0.15, -0.1) is 0 Å². The normalized spacial score (nSPS) is 14.9. The van der Waals surface area contributed by atoms with Crippen LogP contribution in [0.25, 0.3) is 10.9 Å². The summed E-state index contributed by atoms with van der Waals surface area (Å²) in [6, 6.07) is 19.6. The van der Waals surface area contributed by atoms with Crippen LogP contribution in [-0.4, -0.2) is 108 Å². The number of nitrogens with one attached hydrogen (secondary N) is 5. The fraction of sp³-hybridized carbons (Fsp3) is 0.348. The van der Waals surface area contributed by atoms with Gasteiger partial charge < -0.3 is 40.8 Å². The zero-order valence-corrected chi connectivity index (χ0v) is 34.9. The molecule has 2 fully saturated rings. The molecule has 4 aromatic carbocycles. The van der Waals surface area contributed by atoms with E-state index in [1.165, 1.54) is 30.3 Å². The van der Waals surface area contributed by atoms with Crippen LogP contribution < -0.4 is 26.2 Å². The molecule has 0 aliphatic carbocycles.